The van der Waals surface area contributed by atoms with E-state index in [0.29, 0.717) is 64.1 Å². The van der Waals surface area contributed by atoms with E-state index >= 15 is 0 Å². The Morgan fingerprint density at radius 1 is 1.00 bits per heavy atom. The van der Waals surface area contributed by atoms with Crippen LogP contribution >= 0.6 is 31.9 Å². The number of aliphatic hydroxyl groups excluding tert-OH is 1. The molecule has 0 saturated carbocycles. The van der Waals surface area contributed by atoms with Gasteiger partial charge in [0.1, 0.15) is 13.2 Å². The molecule has 14 heteroatoms. The number of benzene rings is 3. The number of rotatable bonds is 15. The van der Waals surface area contributed by atoms with Crippen molar-refractivity contribution < 1.29 is 38.4 Å². The Labute approximate surface area is 289 Å². The molecular formula is C33H36Br2N4O8. The molecule has 2 atom stereocenters. The summed E-state index contributed by atoms with van der Waals surface area (Å²) in [6.07, 6.45) is 0.376. The largest absolute Gasteiger partial charge is 0.490 e. The third-order valence-corrected chi connectivity index (χ3v) is 7.86. The predicted molar refractivity (Wildman–Crippen MR) is 183 cm³/mol. The molecule has 0 aliphatic carbocycles. The summed E-state index contributed by atoms with van der Waals surface area (Å²) in [5.41, 5.74) is 5.59. The van der Waals surface area contributed by atoms with Gasteiger partial charge in [-0.05, 0) is 89.8 Å². The van der Waals surface area contributed by atoms with Gasteiger partial charge in [0, 0.05) is 10.2 Å². The van der Waals surface area contributed by atoms with Gasteiger partial charge in [0.05, 0.1) is 42.6 Å². The third kappa shape index (κ3) is 9.62. The maximum absolute atomic E-state index is 12.5. The van der Waals surface area contributed by atoms with Crippen LogP contribution in [-0.2, 0) is 16.1 Å². The summed E-state index contributed by atoms with van der Waals surface area (Å²) in [5, 5.41) is 20.0. The third-order valence-electron chi connectivity index (χ3n) is 6.74. The molecule has 4 N–H and O–H groups in total. The summed E-state index contributed by atoms with van der Waals surface area (Å²) < 4.78 is 30.1. The van der Waals surface area contributed by atoms with Crippen LogP contribution in [0.5, 0.6) is 23.0 Å². The number of hydrogen-bond donors (Lipinski definition) is 4. The first kappa shape index (κ1) is 35.6. The van der Waals surface area contributed by atoms with Gasteiger partial charge < -0.3 is 39.4 Å². The Kier molecular flexibility index (Phi) is 12.9. The minimum Gasteiger partial charge on any atom is -0.490 e. The Morgan fingerprint density at radius 3 is 2.43 bits per heavy atom. The van der Waals surface area contributed by atoms with Crippen LogP contribution in [0.25, 0.3) is 0 Å². The van der Waals surface area contributed by atoms with Crippen molar-refractivity contribution in [2.75, 3.05) is 26.9 Å². The summed E-state index contributed by atoms with van der Waals surface area (Å²) in [7, 11) is 1.28. The fourth-order valence-corrected chi connectivity index (χ4v) is 5.46. The van der Waals surface area contributed by atoms with Gasteiger partial charge in [-0.2, -0.15) is 5.10 Å². The van der Waals surface area contributed by atoms with Crippen LogP contribution in [0, 0.1) is 0 Å². The number of carbonyl (C=O) groups excluding carboxylic acids is 2. The highest BCUT2D eigenvalue weighted by molar-refractivity contribution is 9.10. The van der Waals surface area contributed by atoms with E-state index < -0.39 is 24.3 Å². The summed E-state index contributed by atoms with van der Waals surface area (Å²) in [6, 6.07) is 15.3. The van der Waals surface area contributed by atoms with Crippen molar-refractivity contribution in [3.63, 3.8) is 0 Å². The second-order valence-electron chi connectivity index (χ2n) is 10.1. The molecule has 0 spiro atoms. The van der Waals surface area contributed by atoms with E-state index in [1.54, 1.807) is 31.2 Å². The van der Waals surface area contributed by atoms with Crippen molar-refractivity contribution >= 4 is 50.1 Å². The zero-order valence-corrected chi connectivity index (χ0v) is 29.4. The first-order chi connectivity index (χ1) is 22.6. The first-order valence-electron chi connectivity index (χ1n) is 14.7. The van der Waals surface area contributed by atoms with Gasteiger partial charge >= 0.3 is 12.0 Å². The first-order valence-corrected chi connectivity index (χ1v) is 16.3. The van der Waals surface area contributed by atoms with Crippen LogP contribution in [0.1, 0.15) is 43.5 Å². The quantitative estimate of drug-likeness (QED) is 0.0660. The van der Waals surface area contributed by atoms with E-state index in [1.807, 2.05) is 44.2 Å². The molecule has 1 aliphatic heterocycles. The monoisotopic (exact) mass is 774 g/mol. The molecule has 0 fully saturated rings. The highest BCUT2D eigenvalue weighted by Crippen LogP contribution is 2.38. The lowest BCUT2D eigenvalue weighted by Crippen LogP contribution is -2.45. The Bertz CT molecular complexity index is 1630. The van der Waals surface area contributed by atoms with Crippen LogP contribution < -0.4 is 35.0 Å². The lowest BCUT2D eigenvalue weighted by Gasteiger charge is -2.28. The number of amides is 2. The average molecular weight is 776 g/mol. The lowest BCUT2D eigenvalue weighted by atomic mass is 9.95. The van der Waals surface area contributed by atoms with Gasteiger partial charge in [-0.1, -0.05) is 34.1 Å². The van der Waals surface area contributed by atoms with Crippen molar-refractivity contribution in [2.45, 2.75) is 39.6 Å². The predicted octanol–water partition coefficient (Wildman–Crippen LogP) is 5.71. The Hall–Kier alpha value is -4.27. The van der Waals surface area contributed by atoms with E-state index in [-0.39, 0.29) is 12.2 Å². The molecule has 1 aliphatic rings. The second kappa shape index (κ2) is 17.0. The number of ether oxygens (including phenoxy) is 5. The van der Waals surface area contributed by atoms with E-state index in [9.17, 15) is 14.7 Å². The molecule has 0 unspecified atom stereocenters. The van der Waals surface area contributed by atoms with Gasteiger partial charge in [-0.3, -0.25) is 5.43 Å². The molecule has 0 radical (unpaired) electrons. The van der Waals surface area contributed by atoms with Crippen LogP contribution in [0.15, 0.2) is 79.9 Å². The number of aliphatic hydroxyl groups is 1. The smallest absolute Gasteiger partial charge is 0.337 e. The van der Waals surface area contributed by atoms with Gasteiger partial charge in [-0.25, -0.2) is 9.59 Å². The van der Waals surface area contributed by atoms with Crippen molar-refractivity contribution in [3.8, 4) is 23.0 Å². The van der Waals surface area contributed by atoms with E-state index in [4.69, 9.17) is 23.7 Å². The van der Waals surface area contributed by atoms with Crippen molar-refractivity contribution in [3.05, 3.63) is 91.5 Å². The maximum atomic E-state index is 12.5. The molecule has 0 saturated heterocycles. The summed E-state index contributed by atoms with van der Waals surface area (Å²) in [6.45, 7) is 6.30. The van der Waals surface area contributed by atoms with Gasteiger partial charge in [0.15, 0.2) is 29.2 Å². The lowest BCUT2D eigenvalue weighted by molar-refractivity contribution is -0.136. The number of urea groups is 1. The van der Waals surface area contributed by atoms with Crippen molar-refractivity contribution in [2.24, 2.45) is 5.10 Å². The molecule has 2 amide bonds. The molecule has 0 aromatic heterocycles. The zero-order chi connectivity index (χ0) is 33.9. The number of nitrogens with zero attached hydrogens (tertiary/aromatic N) is 1. The summed E-state index contributed by atoms with van der Waals surface area (Å²) in [4.78, 5) is 24.7. The van der Waals surface area contributed by atoms with E-state index in [1.165, 1.54) is 13.3 Å². The van der Waals surface area contributed by atoms with Gasteiger partial charge in [0.2, 0.25) is 0 Å². The minimum atomic E-state index is -1.16. The normalized spacial score (nSPS) is 15.0. The minimum absolute atomic E-state index is 0.163. The molecule has 12 nitrogen and oxygen atoms in total. The number of nitrogens with one attached hydrogen (secondary N) is 3. The topological polar surface area (TPSA) is 149 Å². The average Bonchev–Trinajstić information content (AvgIpc) is 3.04. The standard InChI is InChI=1S/C33H36Br2N4O8/c1-5-44-26-15-22(30-29(32(41)43-4)19(3)37-33(42)38-30)9-12-25(26)46-18-28(40)39-36-16-21-13-24(35)31(27(14-21)45-6-2)47-17-20-7-10-23(34)11-8-20/h7-16,28,30,39-40H,5-6,17-18H2,1-4H3,(H2,37,38,42)/b36-16-/t28-,30+/m1/s1. The molecular weight excluding hydrogens is 740 g/mol. The van der Waals surface area contributed by atoms with Crippen LogP contribution in [0.3, 0.4) is 0 Å². The Balaban J connectivity index is 1.40. The number of esters is 1. The number of halogens is 2. The number of allylic oxidation sites excluding steroid dienone is 1. The molecule has 0 bridgehead atoms. The number of methoxy groups -OCH3 is 1. The summed E-state index contributed by atoms with van der Waals surface area (Å²) in [5.74, 6) is 1.26. The molecule has 3 aromatic carbocycles. The van der Waals surface area contributed by atoms with Crippen molar-refractivity contribution in [1.82, 2.24) is 16.1 Å². The number of hydrogen-bond acceptors (Lipinski definition) is 10. The highest BCUT2D eigenvalue weighted by atomic mass is 79.9. The Morgan fingerprint density at radius 2 is 1.72 bits per heavy atom. The van der Waals surface area contributed by atoms with Crippen LogP contribution in [-0.4, -0.2) is 56.5 Å². The molecule has 47 heavy (non-hydrogen) atoms. The fraction of sp³-hybridized carbons (Fsp3) is 0.303. The van der Waals surface area contributed by atoms with Crippen LogP contribution in [0.2, 0.25) is 0 Å². The van der Waals surface area contributed by atoms with Gasteiger partial charge in [0.25, 0.3) is 0 Å². The molecule has 1 heterocycles. The fourth-order valence-electron chi connectivity index (χ4n) is 4.62. The summed E-state index contributed by atoms with van der Waals surface area (Å²) >= 11 is 7.01. The number of carbonyl (C=O) groups is 2. The zero-order valence-electron chi connectivity index (χ0n) is 26.3. The molecule has 250 valence electrons. The SMILES string of the molecule is CCOc1cc([C@@H]2NC(=O)NC(C)=C2C(=O)OC)ccc1OC[C@@H](O)N/N=C\c1cc(Br)c(OCc2ccc(Br)cc2)c(OCC)c1. The van der Waals surface area contributed by atoms with Crippen LogP contribution in [0.4, 0.5) is 4.79 Å². The van der Waals surface area contributed by atoms with Gasteiger partial charge in [-0.15, -0.1) is 0 Å². The molecule has 4 rings (SSSR count). The maximum Gasteiger partial charge on any atom is 0.337 e. The molecule has 3 aromatic rings. The van der Waals surface area contributed by atoms with Crippen molar-refractivity contribution in [1.29, 1.82) is 0 Å². The second-order valence-corrected chi connectivity index (χ2v) is 11.9. The van der Waals surface area contributed by atoms with E-state index in [0.717, 1.165) is 10.0 Å². The number of hydrazone groups is 1. The highest BCUT2D eigenvalue weighted by Gasteiger charge is 2.32. The van der Waals surface area contributed by atoms with E-state index in [2.05, 4.69) is 53.0 Å².